The van der Waals surface area contributed by atoms with E-state index in [0.717, 1.165) is 0 Å². The average Bonchev–Trinajstić information content (AvgIpc) is 2.21. The zero-order valence-electron chi connectivity index (χ0n) is 10.3. The molecule has 1 aromatic rings. The molecule has 0 saturated carbocycles. The van der Waals surface area contributed by atoms with Crippen molar-refractivity contribution >= 4 is 40.6 Å². The molecule has 0 aliphatic carbocycles. The molecule has 4 nitrogen and oxygen atoms in total. The van der Waals surface area contributed by atoms with Crippen LogP contribution in [0.15, 0.2) is 12.1 Å². The molecule has 0 aliphatic heterocycles. The number of nitrogen functional groups attached to an aromatic ring is 1. The van der Waals surface area contributed by atoms with Crippen LogP contribution in [-0.4, -0.2) is 17.2 Å². The maximum Gasteiger partial charge on any atom is 0.292 e. The van der Waals surface area contributed by atoms with Crippen LogP contribution in [0.4, 0.5) is 5.69 Å². The van der Waals surface area contributed by atoms with Crippen molar-refractivity contribution in [1.29, 1.82) is 0 Å². The standard InChI is InChI=1S/C12H14Cl2N2O2/c1-12(2,3)16-11(18)10(17)6-4-7(13)9(15)8(14)5-6/h4-5H,15H2,1-3H3,(H,16,18)/i10+1,11+1. The van der Waals surface area contributed by atoms with Gasteiger partial charge in [0.25, 0.3) is 5.91 Å². The molecule has 1 rings (SSSR count). The quantitative estimate of drug-likeness (QED) is 0.381. The second kappa shape index (κ2) is 5.16. The van der Waals surface area contributed by atoms with Crippen LogP contribution in [0.1, 0.15) is 31.1 Å². The van der Waals surface area contributed by atoms with Crippen molar-refractivity contribution < 1.29 is 9.59 Å². The summed E-state index contributed by atoms with van der Waals surface area (Å²) in [5.41, 5.74) is 5.36. The Labute approximate surface area is 115 Å². The molecule has 0 aliphatic rings. The van der Waals surface area contributed by atoms with Crippen LogP contribution in [0.2, 0.25) is 10.0 Å². The van der Waals surface area contributed by atoms with Crippen LogP contribution in [0, 0.1) is 0 Å². The van der Waals surface area contributed by atoms with Gasteiger partial charge in [-0.25, -0.2) is 0 Å². The lowest BCUT2D eigenvalue weighted by Gasteiger charge is -2.19. The van der Waals surface area contributed by atoms with E-state index in [9.17, 15) is 9.59 Å². The summed E-state index contributed by atoms with van der Waals surface area (Å²) < 4.78 is 0. The van der Waals surface area contributed by atoms with Crippen LogP contribution in [-0.2, 0) is 4.79 Å². The molecule has 1 aromatic carbocycles. The molecule has 18 heavy (non-hydrogen) atoms. The van der Waals surface area contributed by atoms with Gasteiger partial charge in [-0.2, -0.15) is 0 Å². The van der Waals surface area contributed by atoms with E-state index in [2.05, 4.69) is 5.32 Å². The summed E-state index contributed by atoms with van der Waals surface area (Å²) in [6, 6.07) is 2.65. The first-order valence-electron chi connectivity index (χ1n) is 5.23. The number of ketones is 1. The monoisotopic (exact) mass is 290 g/mol. The summed E-state index contributed by atoms with van der Waals surface area (Å²) in [7, 11) is 0. The highest BCUT2D eigenvalue weighted by molar-refractivity contribution is 6.45. The van der Waals surface area contributed by atoms with E-state index >= 15 is 0 Å². The van der Waals surface area contributed by atoms with E-state index < -0.39 is 17.2 Å². The zero-order chi connectivity index (χ0) is 14.1. The first-order valence-corrected chi connectivity index (χ1v) is 5.99. The number of nitrogens with two attached hydrogens (primary N) is 1. The topological polar surface area (TPSA) is 72.2 Å². The van der Waals surface area contributed by atoms with Crippen LogP contribution >= 0.6 is 23.2 Å². The van der Waals surface area contributed by atoms with Crippen LogP contribution < -0.4 is 11.1 Å². The second-order valence-corrected chi connectivity index (χ2v) is 5.70. The van der Waals surface area contributed by atoms with Gasteiger partial charge in [0, 0.05) is 11.1 Å². The number of anilines is 1. The summed E-state index contributed by atoms with van der Waals surface area (Å²) in [6.45, 7) is 5.34. The summed E-state index contributed by atoms with van der Waals surface area (Å²) in [5, 5.41) is 2.86. The molecule has 1 amide bonds. The average molecular weight is 291 g/mol. The smallest absolute Gasteiger partial charge is 0.292 e. The van der Waals surface area contributed by atoms with Crippen molar-refractivity contribution in [2.45, 2.75) is 26.3 Å². The first-order chi connectivity index (χ1) is 8.11. The highest BCUT2D eigenvalue weighted by Gasteiger charge is 2.22. The normalized spacial score (nSPS) is 11.2. The summed E-state index contributed by atoms with van der Waals surface area (Å²) in [5.74, 6) is -1.41. The Morgan fingerprint density at radius 1 is 1.17 bits per heavy atom. The molecule has 0 atom stereocenters. The van der Waals surface area contributed by atoms with Crippen molar-refractivity contribution in [2.24, 2.45) is 0 Å². The van der Waals surface area contributed by atoms with Gasteiger partial charge in [-0.3, -0.25) is 9.59 Å². The third-order valence-electron chi connectivity index (χ3n) is 2.04. The Balaban J connectivity index is 3.02. The Morgan fingerprint density at radius 3 is 2.00 bits per heavy atom. The number of benzene rings is 1. The first kappa shape index (κ1) is 14.8. The van der Waals surface area contributed by atoms with Crippen LogP contribution in [0.25, 0.3) is 0 Å². The molecule has 0 heterocycles. The predicted octanol–water partition coefficient (Wildman–Crippen LogP) is 2.67. The number of nitrogens with one attached hydrogen (secondary N) is 1. The van der Waals surface area contributed by atoms with Crippen LogP contribution in [0.5, 0.6) is 0 Å². The van der Waals surface area contributed by atoms with Crippen molar-refractivity contribution in [3.63, 3.8) is 0 Å². The molecular formula is C12H14Cl2N2O2. The molecule has 98 valence electrons. The maximum atomic E-state index is 11.9. The molecule has 0 bridgehead atoms. The minimum absolute atomic E-state index is 0.112. The number of carbonyl (C=O) groups excluding carboxylic acids is 2. The van der Waals surface area contributed by atoms with E-state index in [0.29, 0.717) is 0 Å². The Bertz CT molecular complexity index is 484. The van der Waals surface area contributed by atoms with Gasteiger partial charge in [0.1, 0.15) is 0 Å². The summed E-state index contributed by atoms with van der Waals surface area (Å²) in [6.07, 6.45) is 0. The van der Waals surface area contributed by atoms with Gasteiger partial charge >= 0.3 is 0 Å². The highest BCUT2D eigenvalue weighted by atomic mass is 35.5. The summed E-state index contributed by atoms with van der Waals surface area (Å²) in [4.78, 5) is 23.6. The number of halogens is 2. The molecule has 6 heteroatoms. The number of carbonyl (C=O) groups is 2. The van der Waals surface area contributed by atoms with E-state index in [1.54, 1.807) is 20.8 Å². The van der Waals surface area contributed by atoms with Crippen molar-refractivity contribution in [1.82, 2.24) is 5.32 Å². The Hall–Kier alpha value is -1.26. The van der Waals surface area contributed by atoms with Gasteiger partial charge in [-0.05, 0) is 32.9 Å². The Kier molecular flexibility index (Phi) is 4.24. The number of Topliss-reactive ketones (excluding diaryl/α,β-unsaturated/α-hetero) is 1. The van der Waals surface area contributed by atoms with E-state index in [1.165, 1.54) is 12.1 Å². The lowest BCUT2D eigenvalue weighted by Crippen LogP contribution is -2.44. The van der Waals surface area contributed by atoms with Crippen molar-refractivity contribution in [3.05, 3.63) is 27.7 Å². The van der Waals surface area contributed by atoms with E-state index in [-0.39, 0.29) is 21.3 Å². The number of amides is 1. The van der Waals surface area contributed by atoms with Crippen LogP contribution in [0.3, 0.4) is 0 Å². The molecule has 0 spiro atoms. The van der Waals surface area contributed by atoms with Gasteiger partial charge < -0.3 is 11.1 Å². The maximum absolute atomic E-state index is 11.9. The fraction of sp³-hybridized carbons (Fsp3) is 0.333. The number of hydrogen-bond acceptors (Lipinski definition) is 3. The fourth-order valence-corrected chi connectivity index (χ4v) is 1.73. The molecule has 0 aromatic heterocycles. The third kappa shape index (κ3) is 3.62. The SMILES string of the molecule is CC(C)(C)N[13C](=O)[13C](=O)c1cc(Cl)c(N)c(Cl)c1. The lowest BCUT2D eigenvalue weighted by molar-refractivity contribution is -0.118. The second-order valence-electron chi connectivity index (χ2n) is 4.89. The summed E-state index contributed by atoms with van der Waals surface area (Å²) >= 11 is 11.6. The minimum Gasteiger partial charge on any atom is -0.396 e. The van der Waals surface area contributed by atoms with Gasteiger partial charge in [-0.15, -0.1) is 0 Å². The number of rotatable bonds is 2. The fourth-order valence-electron chi connectivity index (χ4n) is 1.24. The van der Waals surface area contributed by atoms with Gasteiger partial charge in [-0.1, -0.05) is 23.2 Å². The van der Waals surface area contributed by atoms with Gasteiger partial charge in [0.2, 0.25) is 5.78 Å². The molecular weight excluding hydrogens is 277 g/mol. The molecule has 3 N–H and O–H groups in total. The largest absolute Gasteiger partial charge is 0.396 e. The molecule has 0 saturated heterocycles. The molecule has 0 radical (unpaired) electrons. The van der Waals surface area contributed by atoms with Gasteiger partial charge in [0.05, 0.1) is 15.7 Å². The lowest BCUT2D eigenvalue weighted by atomic mass is 10.1. The predicted molar refractivity (Wildman–Crippen MR) is 73.1 cm³/mol. The van der Waals surface area contributed by atoms with E-state index in [1.807, 2.05) is 0 Å². The Morgan fingerprint density at radius 2 is 1.61 bits per heavy atom. The van der Waals surface area contributed by atoms with Gasteiger partial charge in [0.15, 0.2) is 0 Å². The molecule has 0 unspecified atom stereocenters. The zero-order valence-corrected chi connectivity index (χ0v) is 11.8. The number of hydrogen-bond donors (Lipinski definition) is 2. The molecule has 0 fully saturated rings. The van der Waals surface area contributed by atoms with Crippen molar-refractivity contribution in [3.8, 4) is 0 Å². The highest BCUT2D eigenvalue weighted by Crippen LogP contribution is 2.29. The van der Waals surface area contributed by atoms with E-state index in [4.69, 9.17) is 28.9 Å². The third-order valence-corrected chi connectivity index (χ3v) is 2.66. The van der Waals surface area contributed by atoms with Crippen molar-refractivity contribution in [2.75, 3.05) is 5.73 Å². The minimum atomic E-state index is -0.709.